The lowest BCUT2D eigenvalue weighted by Crippen LogP contribution is -2.50. The second-order valence-corrected chi connectivity index (χ2v) is 9.43. The largest absolute Gasteiger partial charge is 0.336 e. The third-order valence-electron chi connectivity index (χ3n) is 5.46. The summed E-state index contributed by atoms with van der Waals surface area (Å²) in [6.07, 6.45) is 2.16. The number of hydrogen-bond acceptors (Lipinski definition) is 6. The van der Waals surface area contributed by atoms with Crippen LogP contribution in [-0.2, 0) is 16.4 Å². The standard InChI is InChI=1S/C21H24N4O4S/c1-4-18-17-12-16(13-22-20(17)29-23-18)21(26)24-7-9-25(10-8-24)30(27,28)19-6-5-14(2)11-15(19)3/h5-6,11-13H,4,7-10H2,1-3H3. The molecule has 0 aliphatic carbocycles. The molecule has 1 saturated heterocycles. The zero-order chi connectivity index (χ0) is 21.5. The van der Waals surface area contributed by atoms with Crippen LogP contribution < -0.4 is 0 Å². The van der Waals surface area contributed by atoms with Crippen LogP contribution in [0.2, 0.25) is 0 Å². The first-order valence-electron chi connectivity index (χ1n) is 9.92. The van der Waals surface area contributed by atoms with E-state index in [1.807, 2.05) is 19.9 Å². The van der Waals surface area contributed by atoms with Crippen LogP contribution in [0.5, 0.6) is 0 Å². The maximum atomic E-state index is 13.0. The maximum Gasteiger partial charge on any atom is 0.257 e. The number of rotatable bonds is 4. The first kappa shape index (κ1) is 20.5. The van der Waals surface area contributed by atoms with E-state index in [2.05, 4.69) is 10.1 Å². The number of fused-ring (bicyclic) bond motifs is 1. The van der Waals surface area contributed by atoms with Gasteiger partial charge in [0.15, 0.2) is 0 Å². The quantitative estimate of drug-likeness (QED) is 0.634. The number of benzene rings is 1. The molecule has 3 heterocycles. The Bertz CT molecular complexity index is 1210. The Balaban J connectivity index is 1.49. The number of carbonyl (C=O) groups excluding carboxylic acids is 1. The highest BCUT2D eigenvalue weighted by Crippen LogP contribution is 2.23. The second-order valence-electron chi connectivity index (χ2n) is 7.52. The van der Waals surface area contributed by atoms with Crippen LogP contribution in [0.15, 0.2) is 39.9 Å². The van der Waals surface area contributed by atoms with Crippen molar-refractivity contribution in [3.8, 4) is 0 Å². The van der Waals surface area contributed by atoms with Crippen LogP contribution in [0.3, 0.4) is 0 Å². The Labute approximate surface area is 175 Å². The van der Waals surface area contributed by atoms with Crippen molar-refractivity contribution in [2.24, 2.45) is 0 Å². The molecular formula is C21H24N4O4S. The molecule has 2 aromatic heterocycles. The van der Waals surface area contributed by atoms with E-state index in [1.54, 1.807) is 30.0 Å². The number of pyridine rings is 1. The summed E-state index contributed by atoms with van der Waals surface area (Å²) >= 11 is 0. The fourth-order valence-corrected chi connectivity index (χ4v) is 5.42. The number of nitrogens with zero attached hydrogens (tertiary/aromatic N) is 4. The normalized spacial score (nSPS) is 15.6. The number of carbonyl (C=O) groups is 1. The van der Waals surface area contributed by atoms with Crippen LogP contribution in [0.25, 0.3) is 11.1 Å². The third kappa shape index (κ3) is 3.59. The molecule has 1 aliphatic heterocycles. The molecule has 0 radical (unpaired) electrons. The average molecular weight is 429 g/mol. The molecular weight excluding hydrogens is 404 g/mol. The van der Waals surface area contributed by atoms with Gasteiger partial charge in [0, 0.05) is 32.4 Å². The lowest BCUT2D eigenvalue weighted by molar-refractivity contribution is 0.0697. The average Bonchev–Trinajstić information content (AvgIpc) is 3.15. The lowest BCUT2D eigenvalue weighted by atomic mass is 10.1. The molecule has 30 heavy (non-hydrogen) atoms. The number of piperazine rings is 1. The SMILES string of the molecule is CCc1noc2ncc(C(=O)N3CCN(S(=O)(=O)c4ccc(C)cc4C)CC3)cc12. The van der Waals surface area contributed by atoms with E-state index in [1.165, 1.54) is 10.5 Å². The van der Waals surface area contributed by atoms with Crippen molar-refractivity contribution in [2.45, 2.75) is 32.1 Å². The van der Waals surface area contributed by atoms with Crippen molar-refractivity contribution in [1.82, 2.24) is 19.3 Å². The fraction of sp³-hybridized carbons (Fsp3) is 0.381. The summed E-state index contributed by atoms with van der Waals surface area (Å²) in [5, 5.41) is 4.70. The predicted molar refractivity (Wildman–Crippen MR) is 112 cm³/mol. The van der Waals surface area contributed by atoms with Crippen molar-refractivity contribution < 1.29 is 17.7 Å². The van der Waals surface area contributed by atoms with Gasteiger partial charge in [-0.15, -0.1) is 0 Å². The maximum absolute atomic E-state index is 13.0. The molecule has 1 amide bonds. The molecule has 0 unspecified atom stereocenters. The Morgan fingerprint density at radius 3 is 2.53 bits per heavy atom. The van der Waals surface area contributed by atoms with Gasteiger partial charge in [-0.25, -0.2) is 13.4 Å². The first-order valence-corrected chi connectivity index (χ1v) is 11.4. The van der Waals surface area contributed by atoms with Gasteiger partial charge < -0.3 is 9.42 Å². The zero-order valence-corrected chi connectivity index (χ0v) is 18.1. The summed E-state index contributed by atoms with van der Waals surface area (Å²) in [6, 6.07) is 7.07. The lowest BCUT2D eigenvalue weighted by Gasteiger charge is -2.34. The van der Waals surface area contributed by atoms with E-state index >= 15 is 0 Å². The van der Waals surface area contributed by atoms with Crippen molar-refractivity contribution in [3.63, 3.8) is 0 Å². The van der Waals surface area contributed by atoms with E-state index in [-0.39, 0.29) is 19.0 Å². The highest BCUT2D eigenvalue weighted by molar-refractivity contribution is 7.89. The highest BCUT2D eigenvalue weighted by Gasteiger charge is 2.31. The van der Waals surface area contributed by atoms with Crippen molar-refractivity contribution in [1.29, 1.82) is 0 Å². The topological polar surface area (TPSA) is 96.6 Å². The summed E-state index contributed by atoms with van der Waals surface area (Å²) in [5.74, 6) is -0.170. The van der Waals surface area contributed by atoms with Gasteiger partial charge in [-0.05, 0) is 38.0 Å². The number of amides is 1. The second kappa shape index (κ2) is 7.81. The molecule has 0 saturated carbocycles. The minimum atomic E-state index is -3.59. The van der Waals surface area contributed by atoms with E-state index in [4.69, 9.17) is 4.52 Å². The van der Waals surface area contributed by atoms with Gasteiger partial charge in [0.05, 0.1) is 21.5 Å². The van der Waals surface area contributed by atoms with Crippen LogP contribution >= 0.6 is 0 Å². The van der Waals surface area contributed by atoms with Gasteiger partial charge in [-0.2, -0.15) is 4.31 Å². The molecule has 0 spiro atoms. The molecule has 0 N–H and O–H groups in total. The third-order valence-corrected chi connectivity index (χ3v) is 7.52. The fourth-order valence-electron chi connectivity index (χ4n) is 3.79. The summed E-state index contributed by atoms with van der Waals surface area (Å²) in [6.45, 7) is 6.86. The smallest absolute Gasteiger partial charge is 0.257 e. The number of aryl methyl sites for hydroxylation is 3. The molecule has 0 atom stereocenters. The Morgan fingerprint density at radius 1 is 1.13 bits per heavy atom. The van der Waals surface area contributed by atoms with Gasteiger partial charge >= 0.3 is 0 Å². The minimum absolute atomic E-state index is 0.170. The molecule has 1 fully saturated rings. The molecule has 158 valence electrons. The molecule has 0 bridgehead atoms. The molecule has 4 rings (SSSR count). The minimum Gasteiger partial charge on any atom is -0.336 e. The Kier molecular flexibility index (Phi) is 5.33. The predicted octanol–water partition coefficient (Wildman–Crippen LogP) is 2.55. The molecule has 3 aromatic rings. The van der Waals surface area contributed by atoms with E-state index in [9.17, 15) is 13.2 Å². The van der Waals surface area contributed by atoms with Crippen LogP contribution in [0.1, 0.15) is 34.1 Å². The number of sulfonamides is 1. The van der Waals surface area contributed by atoms with Crippen molar-refractivity contribution >= 4 is 27.0 Å². The molecule has 8 nitrogen and oxygen atoms in total. The highest BCUT2D eigenvalue weighted by atomic mass is 32.2. The van der Waals surface area contributed by atoms with E-state index in [0.717, 1.165) is 22.2 Å². The van der Waals surface area contributed by atoms with Crippen LogP contribution in [0, 0.1) is 13.8 Å². The number of hydrogen-bond donors (Lipinski definition) is 0. The van der Waals surface area contributed by atoms with E-state index in [0.29, 0.717) is 35.7 Å². The zero-order valence-electron chi connectivity index (χ0n) is 17.3. The van der Waals surface area contributed by atoms with E-state index < -0.39 is 10.0 Å². The molecule has 9 heteroatoms. The molecule has 1 aliphatic rings. The summed E-state index contributed by atoms with van der Waals surface area (Å²) in [5.41, 5.74) is 3.37. The van der Waals surface area contributed by atoms with Gasteiger partial charge in [0.1, 0.15) is 0 Å². The van der Waals surface area contributed by atoms with Crippen LogP contribution in [0.4, 0.5) is 0 Å². The van der Waals surface area contributed by atoms with Crippen molar-refractivity contribution in [3.05, 3.63) is 52.8 Å². The summed E-state index contributed by atoms with van der Waals surface area (Å²) < 4.78 is 32.7. The summed E-state index contributed by atoms with van der Waals surface area (Å²) in [7, 11) is -3.59. The Morgan fingerprint density at radius 2 is 1.87 bits per heavy atom. The monoisotopic (exact) mass is 428 g/mol. The van der Waals surface area contributed by atoms with Crippen molar-refractivity contribution in [2.75, 3.05) is 26.2 Å². The Hall–Kier alpha value is -2.78. The van der Waals surface area contributed by atoms with Gasteiger partial charge in [0.2, 0.25) is 10.0 Å². The first-order chi connectivity index (χ1) is 14.3. The van der Waals surface area contributed by atoms with Gasteiger partial charge in [-0.3, -0.25) is 4.79 Å². The van der Waals surface area contributed by atoms with Gasteiger partial charge in [-0.1, -0.05) is 29.8 Å². The number of aromatic nitrogens is 2. The van der Waals surface area contributed by atoms with Gasteiger partial charge in [0.25, 0.3) is 11.6 Å². The van der Waals surface area contributed by atoms with Crippen LogP contribution in [-0.4, -0.2) is 59.8 Å². The summed E-state index contributed by atoms with van der Waals surface area (Å²) in [4.78, 5) is 19.1. The molecule has 1 aromatic carbocycles.